The highest BCUT2D eigenvalue weighted by Crippen LogP contribution is 2.25. The Morgan fingerprint density at radius 3 is 1.69 bits per heavy atom. The fourth-order valence-corrected chi connectivity index (χ4v) is 4.88. The van der Waals surface area contributed by atoms with Crippen LogP contribution in [0.1, 0.15) is 52.4 Å². The molecule has 3 heterocycles. The Labute approximate surface area is 312 Å². The summed E-state index contributed by atoms with van der Waals surface area (Å²) in [6, 6.07) is 37.6. The van der Waals surface area contributed by atoms with E-state index in [9.17, 15) is 19.2 Å². The van der Waals surface area contributed by atoms with Crippen molar-refractivity contribution in [3.8, 4) is 28.6 Å². The van der Waals surface area contributed by atoms with Crippen molar-refractivity contribution < 1.29 is 38.1 Å². The van der Waals surface area contributed by atoms with Crippen molar-refractivity contribution >= 4 is 23.5 Å². The van der Waals surface area contributed by atoms with Crippen LogP contribution in [-0.2, 0) is 32.3 Å². The van der Waals surface area contributed by atoms with Crippen molar-refractivity contribution in [2.45, 2.75) is 33.5 Å². The van der Waals surface area contributed by atoms with Gasteiger partial charge in [-0.25, -0.2) is 19.3 Å². The summed E-state index contributed by atoms with van der Waals surface area (Å²) in [7, 11) is 0. The summed E-state index contributed by atoms with van der Waals surface area (Å²) in [5, 5.41) is 4.44. The molecule has 0 fully saturated rings. The molecule has 0 N–H and O–H groups in total. The van der Waals surface area contributed by atoms with Gasteiger partial charge in [0.25, 0.3) is 0 Å². The van der Waals surface area contributed by atoms with Crippen molar-refractivity contribution in [3.63, 3.8) is 0 Å². The third-order valence-corrected chi connectivity index (χ3v) is 7.54. The third kappa shape index (κ3) is 11.0. The topological polar surface area (TPSA) is 149 Å². The molecule has 3 aromatic carbocycles. The van der Waals surface area contributed by atoms with Gasteiger partial charge in [0.2, 0.25) is 5.78 Å². The lowest BCUT2D eigenvalue weighted by Gasteiger charge is -2.09. The Balaban J connectivity index is 0.000000213. The molecule has 0 aliphatic heterocycles. The molecule has 0 spiro atoms. The van der Waals surface area contributed by atoms with E-state index in [1.807, 2.05) is 103 Å². The van der Waals surface area contributed by atoms with Crippen LogP contribution in [0.5, 0.6) is 11.5 Å². The summed E-state index contributed by atoms with van der Waals surface area (Å²) in [5.41, 5.74) is 4.63. The molecule has 274 valence electrons. The zero-order chi connectivity index (χ0) is 38.1. The van der Waals surface area contributed by atoms with Crippen LogP contribution in [0.15, 0.2) is 134 Å². The predicted octanol–water partition coefficient (Wildman–Crippen LogP) is 7.06. The van der Waals surface area contributed by atoms with Gasteiger partial charge >= 0.3 is 11.9 Å². The monoisotopic (exact) mass is 726 g/mol. The Morgan fingerprint density at radius 2 is 1.17 bits per heavy atom. The molecule has 12 heteroatoms. The van der Waals surface area contributed by atoms with Crippen molar-refractivity contribution in [2.24, 2.45) is 0 Å². The van der Waals surface area contributed by atoms with Gasteiger partial charge in [0.1, 0.15) is 30.4 Å². The van der Waals surface area contributed by atoms with Gasteiger partial charge in [0.15, 0.2) is 11.5 Å². The molecule has 6 aromatic rings. The van der Waals surface area contributed by atoms with Gasteiger partial charge in [0.05, 0.1) is 49.1 Å². The van der Waals surface area contributed by atoms with Crippen LogP contribution in [0, 0.1) is 0 Å². The number of pyridine rings is 2. The second-order valence-electron chi connectivity index (χ2n) is 11.4. The maximum atomic E-state index is 12.2. The first-order valence-electron chi connectivity index (χ1n) is 17.2. The molecule has 0 aliphatic rings. The number of benzene rings is 3. The number of hydrogen-bond donors (Lipinski definition) is 0. The quantitative estimate of drug-likeness (QED) is 0.0464. The van der Waals surface area contributed by atoms with Crippen LogP contribution in [0.4, 0.5) is 0 Å². The smallest absolute Gasteiger partial charge is 0.375 e. The van der Waals surface area contributed by atoms with Gasteiger partial charge in [-0.3, -0.25) is 14.6 Å². The maximum absolute atomic E-state index is 12.2. The molecule has 0 saturated carbocycles. The molecule has 0 atom stereocenters. The highest BCUT2D eigenvalue weighted by atomic mass is 16.5. The molecule has 3 aromatic heterocycles. The van der Waals surface area contributed by atoms with E-state index in [1.54, 1.807) is 36.9 Å². The number of Topliss-reactive ketones (excluding diaryl/α,β-unsaturated/α-hetero) is 2. The van der Waals surface area contributed by atoms with E-state index in [0.717, 1.165) is 16.8 Å². The Bertz CT molecular complexity index is 2120. The summed E-state index contributed by atoms with van der Waals surface area (Å²) in [6.07, 6.45) is 2.52. The van der Waals surface area contributed by atoms with E-state index in [0.29, 0.717) is 36.1 Å². The Hall–Kier alpha value is -6.95. The molecule has 0 unspecified atom stereocenters. The number of nitrogens with zero attached hydrogens (tertiary/aromatic N) is 4. The number of rotatable bonds is 15. The lowest BCUT2D eigenvalue weighted by Crippen LogP contribution is -2.21. The highest BCUT2D eigenvalue weighted by Gasteiger charge is 2.21. The average molecular weight is 727 g/mol. The van der Waals surface area contributed by atoms with Crippen LogP contribution in [0.2, 0.25) is 0 Å². The lowest BCUT2D eigenvalue weighted by atomic mass is 10.1. The summed E-state index contributed by atoms with van der Waals surface area (Å²) in [5.74, 6) is -1.72. The zero-order valence-electron chi connectivity index (χ0n) is 29.8. The summed E-state index contributed by atoms with van der Waals surface area (Å²) < 4.78 is 22.7. The molecule has 0 saturated heterocycles. The fourth-order valence-electron chi connectivity index (χ4n) is 4.88. The van der Waals surface area contributed by atoms with E-state index in [-0.39, 0.29) is 24.6 Å². The number of ether oxygens (including phenoxy) is 4. The first-order chi connectivity index (χ1) is 26.3. The number of para-hydroxylation sites is 1. The van der Waals surface area contributed by atoms with Gasteiger partial charge in [-0.05, 0) is 61.4 Å². The molecule has 54 heavy (non-hydrogen) atoms. The second kappa shape index (κ2) is 19.6. The average Bonchev–Trinajstić information content (AvgIpc) is 3.67. The highest BCUT2D eigenvalue weighted by molar-refractivity contribution is 6.38. The molecule has 0 radical (unpaired) electrons. The standard InChI is InChI=1S/C24H21N3O3.C18H17NO5/c1-2-29-24(28)22-15-23(27(26-22)19-11-7-4-8-12-19)21-14-13-20(16-25-21)30-17-18-9-5-3-6-10-18;1-2-23-18(22)17(21)10-16(20)15-9-8-14(11-19-15)24-12-13-6-4-3-5-7-13/h3-16H,2,17H2,1H3;3-9,11H,2,10,12H2,1H3. The van der Waals surface area contributed by atoms with Gasteiger partial charge in [-0.2, -0.15) is 5.10 Å². The third-order valence-electron chi connectivity index (χ3n) is 7.54. The maximum Gasteiger partial charge on any atom is 0.375 e. The van der Waals surface area contributed by atoms with Crippen LogP contribution in [0.3, 0.4) is 0 Å². The van der Waals surface area contributed by atoms with Crippen LogP contribution in [0.25, 0.3) is 17.1 Å². The molecule has 6 rings (SSSR count). The van der Waals surface area contributed by atoms with Crippen molar-refractivity contribution in [1.82, 2.24) is 19.7 Å². The van der Waals surface area contributed by atoms with Crippen LogP contribution in [-0.4, -0.2) is 56.5 Å². The lowest BCUT2D eigenvalue weighted by molar-refractivity contribution is -0.153. The first kappa shape index (κ1) is 38.3. The summed E-state index contributed by atoms with van der Waals surface area (Å²) in [4.78, 5) is 55.3. The second-order valence-corrected chi connectivity index (χ2v) is 11.4. The number of hydrogen-bond acceptors (Lipinski definition) is 11. The van der Waals surface area contributed by atoms with E-state index < -0.39 is 29.9 Å². The molecule has 0 bridgehead atoms. The molecule has 0 aliphatic carbocycles. The summed E-state index contributed by atoms with van der Waals surface area (Å²) >= 11 is 0. The van der Waals surface area contributed by atoms with Crippen molar-refractivity contribution in [2.75, 3.05) is 13.2 Å². The minimum atomic E-state index is -1.01. The molecular formula is C42H38N4O8. The Kier molecular flexibility index (Phi) is 13.9. The molecule has 0 amide bonds. The van der Waals surface area contributed by atoms with Crippen LogP contribution >= 0.6 is 0 Å². The molecule has 12 nitrogen and oxygen atoms in total. The summed E-state index contributed by atoms with van der Waals surface area (Å²) in [6.45, 7) is 4.59. The normalized spacial score (nSPS) is 10.3. The van der Waals surface area contributed by atoms with E-state index >= 15 is 0 Å². The van der Waals surface area contributed by atoms with E-state index in [4.69, 9.17) is 14.2 Å². The number of esters is 2. The number of aromatic nitrogens is 4. The van der Waals surface area contributed by atoms with Crippen molar-refractivity contribution in [3.05, 3.63) is 156 Å². The van der Waals surface area contributed by atoms with Gasteiger partial charge < -0.3 is 18.9 Å². The van der Waals surface area contributed by atoms with E-state index in [2.05, 4.69) is 19.8 Å². The Morgan fingerprint density at radius 1 is 0.611 bits per heavy atom. The van der Waals surface area contributed by atoms with Gasteiger partial charge in [0, 0.05) is 6.07 Å². The number of carbonyl (C=O) groups is 4. The minimum Gasteiger partial charge on any atom is -0.487 e. The largest absolute Gasteiger partial charge is 0.487 e. The van der Waals surface area contributed by atoms with Crippen molar-refractivity contribution in [1.29, 1.82) is 0 Å². The van der Waals surface area contributed by atoms with Crippen LogP contribution < -0.4 is 9.47 Å². The van der Waals surface area contributed by atoms with E-state index in [1.165, 1.54) is 12.3 Å². The number of carbonyl (C=O) groups excluding carboxylic acids is 4. The SMILES string of the molecule is CCOC(=O)C(=O)CC(=O)c1ccc(OCc2ccccc2)cn1.CCOC(=O)c1cc(-c2ccc(OCc3ccccc3)cn2)n(-c2ccccc2)n1. The first-order valence-corrected chi connectivity index (χ1v) is 17.2. The number of ketones is 2. The predicted molar refractivity (Wildman–Crippen MR) is 199 cm³/mol. The molecular weight excluding hydrogens is 688 g/mol. The fraction of sp³-hybridized carbons (Fsp3) is 0.167. The minimum absolute atomic E-state index is 0.0878. The van der Waals surface area contributed by atoms with Gasteiger partial charge in [-0.15, -0.1) is 0 Å². The zero-order valence-corrected chi connectivity index (χ0v) is 29.8. The van der Waals surface area contributed by atoms with Gasteiger partial charge in [-0.1, -0.05) is 78.9 Å².